The van der Waals surface area contributed by atoms with Crippen molar-refractivity contribution in [3.63, 3.8) is 0 Å². The number of nitrogens with zero attached hydrogens (tertiary/aromatic N) is 1. The summed E-state index contributed by atoms with van der Waals surface area (Å²) in [6.07, 6.45) is 1.26. The van der Waals surface area contributed by atoms with Crippen LogP contribution >= 0.6 is 11.3 Å². The predicted octanol–water partition coefficient (Wildman–Crippen LogP) is 2.93. The number of hydrogen-bond acceptors (Lipinski definition) is 9. The smallest absolute Gasteiger partial charge is 0.348 e. The van der Waals surface area contributed by atoms with E-state index in [0.29, 0.717) is 37.6 Å². The molecular formula is C21H23NO8S2. The summed E-state index contributed by atoms with van der Waals surface area (Å²) in [4.78, 5) is 24.7. The van der Waals surface area contributed by atoms with Crippen molar-refractivity contribution in [2.24, 2.45) is 0 Å². The summed E-state index contributed by atoms with van der Waals surface area (Å²) in [6, 6.07) is 4.96. The molecule has 0 unspecified atom stereocenters. The Hall–Kier alpha value is -2.63. The first-order chi connectivity index (χ1) is 15.3. The van der Waals surface area contributed by atoms with E-state index < -0.39 is 28.0 Å². The molecule has 32 heavy (non-hydrogen) atoms. The first-order valence-electron chi connectivity index (χ1n) is 10.0. The predicted molar refractivity (Wildman–Crippen MR) is 115 cm³/mol. The number of sulfonamides is 1. The lowest BCUT2D eigenvalue weighted by Gasteiger charge is -2.26. The first-order valence-corrected chi connectivity index (χ1v) is 12.3. The summed E-state index contributed by atoms with van der Waals surface area (Å²) in [5.41, 5.74) is 0.865. The Morgan fingerprint density at radius 3 is 2.47 bits per heavy atom. The van der Waals surface area contributed by atoms with Crippen LogP contribution in [-0.2, 0) is 19.5 Å². The molecule has 0 spiro atoms. The van der Waals surface area contributed by atoms with Crippen molar-refractivity contribution in [2.45, 2.75) is 30.0 Å². The van der Waals surface area contributed by atoms with E-state index in [1.165, 1.54) is 25.4 Å². The maximum atomic E-state index is 13.7. The third kappa shape index (κ3) is 3.74. The monoisotopic (exact) mass is 481 g/mol. The fourth-order valence-corrected chi connectivity index (χ4v) is 7.57. The molecule has 0 amide bonds. The molecule has 3 heterocycles. The second-order valence-corrected chi connectivity index (χ2v) is 10.5. The van der Waals surface area contributed by atoms with E-state index >= 15 is 0 Å². The SMILES string of the molecule is COC(=O)c1sc(S(=O)(=O)N2CCC[C@@H]2c2ccc3c(c2)OCCO3)c(C(=O)OC)c1C. The molecule has 0 saturated carbocycles. The van der Waals surface area contributed by atoms with Crippen molar-refractivity contribution in [2.75, 3.05) is 34.0 Å². The average molecular weight is 482 g/mol. The Balaban J connectivity index is 1.77. The van der Waals surface area contributed by atoms with Gasteiger partial charge in [0.1, 0.15) is 18.1 Å². The van der Waals surface area contributed by atoms with Crippen LogP contribution in [0.2, 0.25) is 0 Å². The molecule has 1 aromatic heterocycles. The maximum Gasteiger partial charge on any atom is 0.348 e. The van der Waals surface area contributed by atoms with Gasteiger partial charge in [-0.25, -0.2) is 18.0 Å². The van der Waals surface area contributed by atoms with E-state index in [0.717, 1.165) is 16.9 Å². The summed E-state index contributed by atoms with van der Waals surface area (Å²) < 4.78 is 49.4. The molecule has 0 N–H and O–H groups in total. The summed E-state index contributed by atoms with van der Waals surface area (Å²) in [6.45, 7) is 2.69. The fourth-order valence-electron chi connectivity index (χ4n) is 4.03. The van der Waals surface area contributed by atoms with Gasteiger partial charge in [0.15, 0.2) is 15.7 Å². The molecule has 4 rings (SSSR count). The molecule has 172 valence electrons. The molecule has 1 saturated heterocycles. The van der Waals surface area contributed by atoms with Crippen molar-refractivity contribution < 1.29 is 37.0 Å². The van der Waals surface area contributed by atoms with Crippen molar-refractivity contribution in [3.8, 4) is 11.5 Å². The van der Waals surface area contributed by atoms with E-state index in [2.05, 4.69) is 0 Å². The molecule has 2 aliphatic rings. The zero-order valence-electron chi connectivity index (χ0n) is 17.9. The Kier molecular flexibility index (Phi) is 6.15. The number of esters is 2. The minimum Gasteiger partial charge on any atom is -0.486 e. The maximum absolute atomic E-state index is 13.7. The Labute approximate surface area is 189 Å². The standard InChI is InChI=1S/C21H23NO8S2/c1-12-17(19(23)27-2)21(31-18(12)20(24)28-3)32(25,26)22-8-4-5-14(22)13-6-7-15-16(11-13)30-10-9-29-15/h6-7,11,14H,4-5,8-10H2,1-3H3/t14-/m1/s1. The Morgan fingerprint density at radius 1 is 1.09 bits per heavy atom. The minimum atomic E-state index is -4.12. The van der Waals surface area contributed by atoms with Crippen molar-refractivity contribution in [3.05, 3.63) is 39.8 Å². The van der Waals surface area contributed by atoms with Gasteiger partial charge in [-0.3, -0.25) is 0 Å². The summed E-state index contributed by atoms with van der Waals surface area (Å²) in [5, 5.41) is 0. The van der Waals surface area contributed by atoms with Crippen LogP contribution in [0.5, 0.6) is 11.5 Å². The number of thiophene rings is 1. The number of carbonyl (C=O) groups is 2. The van der Waals surface area contributed by atoms with E-state index in [-0.39, 0.29) is 26.8 Å². The van der Waals surface area contributed by atoms with Gasteiger partial charge in [0.05, 0.1) is 25.8 Å². The van der Waals surface area contributed by atoms with Gasteiger partial charge in [-0.2, -0.15) is 4.31 Å². The second kappa shape index (κ2) is 8.72. The van der Waals surface area contributed by atoms with Crippen LogP contribution in [0, 0.1) is 6.92 Å². The molecule has 0 bridgehead atoms. The van der Waals surface area contributed by atoms with E-state index in [4.69, 9.17) is 18.9 Å². The second-order valence-electron chi connectivity index (χ2n) is 7.38. The third-order valence-corrected chi connectivity index (χ3v) is 9.25. The van der Waals surface area contributed by atoms with Crippen LogP contribution in [-0.4, -0.2) is 58.6 Å². The van der Waals surface area contributed by atoms with E-state index in [9.17, 15) is 18.0 Å². The van der Waals surface area contributed by atoms with Crippen LogP contribution in [0.25, 0.3) is 0 Å². The van der Waals surface area contributed by atoms with Crippen LogP contribution < -0.4 is 9.47 Å². The zero-order valence-corrected chi connectivity index (χ0v) is 19.5. The van der Waals surface area contributed by atoms with Crippen molar-refractivity contribution in [1.82, 2.24) is 4.31 Å². The Morgan fingerprint density at radius 2 is 1.78 bits per heavy atom. The number of methoxy groups -OCH3 is 2. The number of carbonyl (C=O) groups excluding carboxylic acids is 2. The lowest BCUT2D eigenvalue weighted by atomic mass is 10.0. The molecule has 0 radical (unpaired) electrons. The topological polar surface area (TPSA) is 108 Å². The van der Waals surface area contributed by atoms with Gasteiger partial charge in [0.25, 0.3) is 10.0 Å². The normalized spacial score (nSPS) is 18.4. The lowest BCUT2D eigenvalue weighted by molar-refractivity contribution is 0.0596. The van der Waals surface area contributed by atoms with E-state index in [1.54, 1.807) is 12.1 Å². The van der Waals surface area contributed by atoms with Gasteiger partial charge in [0.2, 0.25) is 0 Å². The van der Waals surface area contributed by atoms with Gasteiger partial charge in [-0.15, -0.1) is 11.3 Å². The van der Waals surface area contributed by atoms with Gasteiger partial charge in [-0.1, -0.05) is 6.07 Å². The van der Waals surface area contributed by atoms with Crippen molar-refractivity contribution in [1.29, 1.82) is 0 Å². The number of ether oxygens (including phenoxy) is 4. The molecule has 11 heteroatoms. The highest BCUT2D eigenvalue weighted by molar-refractivity contribution is 7.91. The summed E-state index contributed by atoms with van der Waals surface area (Å²) in [7, 11) is -1.75. The van der Waals surface area contributed by atoms with Crippen LogP contribution in [0.4, 0.5) is 0 Å². The fraction of sp³-hybridized carbons (Fsp3) is 0.429. The highest BCUT2D eigenvalue weighted by Crippen LogP contribution is 2.43. The first kappa shape index (κ1) is 22.6. The molecule has 2 aromatic rings. The van der Waals surface area contributed by atoms with Crippen LogP contribution in [0.1, 0.15) is 50.0 Å². The third-order valence-electron chi connectivity index (χ3n) is 5.57. The molecule has 1 atom stereocenters. The van der Waals surface area contributed by atoms with Gasteiger partial charge in [-0.05, 0) is 43.0 Å². The van der Waals surface area contributed by atoms with Crippen LogP contribution in [0.15, 0.2) is 22.4 Å². The zero-order chi connectivity index (χ0) is 23.0. The molecule has 2 aliphatic heterocycles. The summed E-state index contributed by atoms with van der Waals surface area (Å²) in [5.74, 6) is -0.323. The summed E-state index contributed by atoms with van der Waals surface area (Å²) >= 11 is 0.727. The number of rotatable bonds is 5. The minimum absolute atomic E-state index is 0.0570. The molecule has 9 nitrogen and oxygen atoms in total. The molecular weight excluding hydrogens is 458 g/mol. The molecule has 1 aromatic carbocycles. The average Bonchev–Trinajstić information content (AvgIpc) is 3.43. The van der Waals surface area contributed by atoms with Crippen LogP contribution in [0.3, 0.4) is 0 Å². The quantitative estimate of drug-likeness (QED) is 0.600. The lowest BCUT2D eigenvalue weighted by Crippen LogP contribution is -2.31. The molecule has 1 fully saturated rings. The van der Waals surface area contributed by atoms with Gasteiger partial charge < -0.3 is 18.9 Å². The Bertz CT molecular complexity index is 1170. The largest absolute Gasteiger partial charge is 0.486 e. The van der Waals surface area contributed by atoms with Gasteiger partial charge in [0, 0.05) is 6.54 Å². The highest BCUT2D eigenvalue weighted by Gasteiger charge is 2.41. The number of benzene rings is 1. The molecule has 0 aliphatic carbocycles. The highest BCUT2D eigenvalue weighted by atomic mass is 32.2. The number of fused-ring (bicyclic) bond motifs is 1. The van der Waals surface area contributed by atoms with Gasteiger partial charge >= 0.3 is 11.9 Å². The number of hydrogen-bond donors (Lipinski definition) is 0. The van der Waals surface area contributed by atoms with Crippen molar-refractivity contribution >= 4 is 33.3 Å². The van der Waals surface area contributed by atoms with E-state index in [1.807, 2.05) is 6.07 Å².